The molecule has 98 valence electrons. The molecule has 0 aromatic heterocycles. The van der Waals surface area contributed by atoms with E-state index in [0.717, 1.165) is 0 Å². The van der Waals surface area contributed by atoms with Gasteiger partial charge in [0, 0.05) is 5.82 Å². The van der Waals surface area contributed by atoms with Crippen molar-refractivity contribution in [3.63, 3.8) is 0 Å². The van der Waals surface area contributed by atoms with Gasteiger partial charge in [0.1, 0.15) is 0 Å². The second-order valence-corrected chi connectivity index (χ2v) is 6.01. The molecule has 0 aromatic carbocycles. The molecule has 2 rings (SSSR count). The van der Waals surface area contributed by atoms with Gasteiger partial charge < -0.3 is 9.31 Å². The van der Waals surface area contributed by atoms with E-state index in [9.17, 15) is 13.2 Å². The predicted octanol–water partition coefficient (Wildman–Crippen LogP) is 3.42. The Kier molecular flexibility index (Phi) is 2.83. The molecule has 1 aliphatic carbocycles. The fourth-order valence-corrected chi connectivity index (χ4v) is 2.32. The number of alkyl halides is 3. The third kappa shape index (κ3) is 2.10. The summed E-state index contributed by atoms with van der Waals surface area (Å²) in [6.45, 7) is 7.42. The predicted molar refractivity (Wildman–Crippen MR) is 58.6 cm³/mol. The van der Waals surface area contributed by atoms with Gasteiger partial charge in [-0.2, -0.15) is 13.2 Å². The van der Waals surface area contributed by atoms with E-state index in [0.29, 0.717) is 6.42 Å². The van der Waals surface area contributed by atoms with Crippen molar-refractivity contribution in [3.05, 3.63) is 0 Å². The lowest BCUT2D eigenvalue weighted by Gasteiger charge is -2.38. The van der Waals surface area contributed by atoms with Gasteiger partial charge in [0.15, 0.2) is 0 Å². The maximum Gasteiger partial charge on any atom is 0.461 e. The largest absolute Gasteiger partial charge is 0.461 e. The molecule has 0 radical (unpaired) electrons. The van der Waals surface area contributed by atoms with Gasteiger partial charge in [-0.25, -0.2) is 0 Å². The van der Waals surface area contributed by atoms with Crippen LogP contribution < -0.4 is 0 Å². The average Bonchev–Trinajstić information content (AvgIpc) is 2.12. The van der Waals surface area contributed by atoms with Crippen molar-refractivity contribution in [2.45, 2.75) is 63.7 Å². The molecule has 2 atom stereocenters. The van der Waals surface area contributed by atoms with Crippen molar-refractivity contribution in [1.29, 1.82) is 0 Å². The molecule has 0 aromatic rings. The summed E-state index contributed by atoms with van der Waals surface area (Å²) in [7, 11) is -0.722. The van der Waals surface area contributed by atoms with Crippen molar-refractivity contribution in [1.82, 2.24) is 0 Å². The lowest BCUT2D eigenvalue weighted by Crippen LogP contribution is -2.43. The van der Waals surface area contributed by atoms with E-state index in [2.05, 4.69) is 0 Å². The van der Waals surface area contributed by atoms with Crippen molar-refractivity contribution in [2.75, 3.05) is 0 Å². The molecular weight excluding hydrogens is 232 g/mol. The van der Waals surface area contributed by atoms with E-state index < -0.39 is 36.2 Å². The maximum absolute atomic E-state index is 12.7. The summed E-state index contributed by atoms with van der Waals surface area (Å²) in [5.74, 6) is -1.81. The second-order valence-electron chi connectivity index (χ2n) is 6.01. The van der Waals surface area contributed by atoms with Gasteiger partial charge in [-0.05, 0) is 34.1 Å². The zero-order chi connectivity index (χ0) is 13.1. The quantitative estimate of drug-likeness (QED) is 0.664. The van der Waals surface area contributed by atoms with Crippen LogP contribution in [0.3, 0.4) is 0 Å². The monoisotopic (exact) mass is 250 g/mol. The Morgan fingerprint density at radius 1 is 1.00 bits per heavy atom. The first-order valence-corrected chi connectivity index (χ1v) is 5.97. The van der Waals surface area contributed by atoms with Crippen LogP contribution in [-0.4, -0.2) is 24.5 Å². The molecule has 2 fully saturated rings. The van der Waals surface area contributed by atoms with E-state index >= 15 is 0 Å². The lowest BCUT2D eigenvalue weighted by atomic mass is 9.54. The van der Waals surface area contributed by atoms with Crippen LogP contribution in [0.1, 0.15) is 40.5 Å². The Morgan fingerprint density at radius 3 is 1.76 bits per heavy atom. The fraction of sp³-hybridized carbons (Fsp3) is 1.00. The molecule has 2 aliphatic rings. The minimum Gasteiger partial charge on any atom is -0.403 e. The highest BCUT2D eigenvalue weighted by Crippen LogP contribution is 2.54. The highest BCUT2D eigenvalue weighted by Gasteiger charge is 2.61. The van der Waals surface area contributed by atoms with Gasteiger partial charge in [0.05, 0.1) is 17.1 Å². The molecule has 1 heterocycles. The second kappa shape index (κ2) is 3.64. The summed E-state index contributed by atoms with van der Waals surface area (Å²) in [5.41, 5.74) is -1.10. The van der Waals surface area contributed by atoms with Gasteiger partial charge in [-0.1, -0.05) is 6.42 Å². The van der Waals surface area contributed by atoms with Crippen LogP contribution >= 0.6 is 0 Å². The minimum absolute atomic E-state index is 0.193. The summed E-state index contributed by atoms with van der Waals surface area (Å²) >= 11 is 0. The Bertz CT molecular complexity index is 298. The van der Waals surface area contributed by atoms with Gasteiger partial charge in [-0.15, -0.1) is 0 Å². The van der Waals surface area contributed by atoms with Crippen LogP contribution in [0.15, 0.2) is 0 Å². The smallest absolute Gasteiger partial charge is 0.403 e. The average molecular weight is 250 g/mol. The number of rotatable bonds is 1. The Labute approximate surface area is 100.0 Å². The molecule has 0 spiro atoms. The van der Waals surface area contributed by atoms with Gasteiger partial charge in [0.2, 0.25) is 0 Å². The van der Waals surface area contributed by atoms with E-state index in [-0.39, 0.29) is 6.42 Å². The highest BCUT2D eigenvalue weighted by molar-refractivity contribution is 6.47. The highest BCUT2D eigenvalue weighted by atomic mass is 19.4. The van der Waals surface area contributed by atoms with Crippen molar-refractivity contribution < 1.29 is 22.5 Å². The minimum atomic E-state index is -4.13. The zero-order valence-corrected chi connectivity index (χ0v) is 10.6. The lowest BCUT2D eigenvalue weighted by molar-refractivity contribution is -0.195. The van der Waals surface area contributed by atoms with Crippen LogP contribution in [0, 0.1) is 5.92 Å². The molecule has 0 N–H and O–H groups in total. The van der Waals surface area contributed by atoms with Crippen LogP contribution in [0.2, 0.25) is 5.82 Å². The van der Waals surface area contributed by atoms with Crippen LogP contribution in [0.5, 0.6) is 0 Å². The maximum atomic E-state index is 12.7. The molecule has 1 aliphatic heterocycles. The normalized spacial score (nSPS) is 35.8. The van der Waals surface area contributed by atoms with Gasteiger partial charge in [-0.3, -0.25) is 0 Å². The molecule has 0 bridgehead atoms. The van der Waals surface area contributed by atoms with Crippen molar-refractivity contribution >= 4 is 7.12 Å². The summed E-state index contributed by atoms with van der Waals surface area (Å²) in [4.78, 5) is 0. The Hall–Kier alpha value is -0.225. The summed E-state index contributed by atoms with van der Waals surface area (Å²) < 4.78 is 49.4. The molecule has 17 heavy (non-hydrogen) atoms. The topological polar surface area (TPSA) is 18.5 Å². The molecule has 6 heteroatoms. The third-order valence-electron chi connectivity index (χ3n) is 4.37. The molecule has 1 unspecified atom stereocenters. The number of hydrogen-bond acceptors (Lipinski definition) is 2. The first-order chi connectivity index (χ1) is 7.55. The fourth-order valence-electron chi connectivity index (χ4n) is 2.32. The number of halogens is 3. The van der Waals surface area contributed by atoms with E-state index in [4.69, 9.17) is 9.31 Å². The first-order valence-electron chi connectivity index (χ1n) is 5.97. The Morgan fingerprint density at radius 2 is 1.47 bits per heavy atom. The van der Waals surface area contributed by atoms with Crippen LogP contribution in [0.25, 0.3) is 0 Å². The first kappa shape index (κ1) is 13.2. The molecule has 2 nitrogen and oxygen atoms in total. The molecule has 1 saturated carbocycles. The zero-order valence-electron chi connectivity index (χ0n) is 10.6. The van der Waals surface area contributed by atoms with E-state index in [1.165, 1.54) is 0 Å². The van der Waals surface area contributed by atoms with Crippen LogP contribution in [0.4, 0.5) is 13.2 Å². The van der Waals surface area contributed by atoms with E-state index in [1.54, 1.807) is 0 Å². The standard InChI is InChI=1S/C11H18BF3O2/c1-9(2)10(3,4)17-12(16-9)8-6-5-7(8)11(13,14)15/h7-8H,5-6H2,1-4H3/t7-,8?/m0/s1. The van der Waals surface area contributed by atoms with Crippen LogP contribution in [-0.2, 0) is 9.31 Å². The number of hydrogen-bond donors (Lipinski definition) is 0. The summed E-state index contributed by atoms with van der Waals surface area (Å²) in [5, 5.41) is 0. The Balaban J connectivity index is 2.07. The van der Waals surface area contributed by atoms with Gasteiger partial charge in [0.25, 0.3) is 0 Å². The van der Waals surface area contributed by atoms with E-state index in [1.807, 2.05) is 27.7 Å². The molecule has 1 saturated heterocycles. The SMILES string of the molecule is CC1(C)OB(C2CC[C@@H]2C(F)(F)F)OC1(C)C. The van der Waals surface area contributed by atoms with Gasteiger partial charge >= 0.3 is 13.3 Å². The van der Waals surface area contributed by atoms with Crippen molar-refractivity contribution in [2.24, 2.45) is 5.92 Å². The molecular formula is C11H18BF3O2. The van der Waals surface area contributed by atoms with Crippen molar-refractivity contribution in [3.8, 4) is 0 Å². The third-order valence-corrected chi connectivity index (χ3v) is 4.37. The molecule has 0 amide bonds. The summed E-state index contributed by atoms with van der Waals surface area (Å²) in [6.07, 6.45) is -3.41. The summed E-state index contributed by atoms with van der Waals surface area (Å²) in [6, 6.07) is 0.